The van der Waals surface area contributed by atoms with Gasteiger partial charge >= 0.3 is 0 Å². The summed E-state index contributed by atoms with van der Waals surface area (Å²) in [6, 6.07) is 10.5. The van der Waals surface area contributed by atoms with Gasteiger partial charge in [-0.15, -0.1) is 0 Å². The lowest BCUT2D eigenvalue weighted by molar-refractivity contribution is 0.0474. The van der Waals surface area contributed by atoms with Gasteiger partial charge in [0.05, 0.1) is 6.54 Å². The van der Waals surface area contributed by atoms with Crippen molar-refractivity contribution in [2.75, 3.05) is 19.7 Å². The first-order valence-corrected chi connectivity index (χ1v) is 7.93. The molecule has 1 aliphatic heterocycles. The highest BCUT2D eigenvalue weighted by Gasteiger charge is 2.25. The molecule has 1 atom stereocenters. The zero-order valence-electron chi connectivity index (χ0n) is 13.8. The predicted molar refractivity (Wildman–Crippen MR) is 89.6 cm³/mol. The molecular weight excluding hydrogens is 308 g/mol. The van der Waals surface area contributed by atoms with Gasteiger partial charge in [0.25, 0.3) is 11.5 Å². The number of carbonyl (C=O) groups excluding carboxylic acids is 1. The first kappa shape index (κ1) is 16.1. The van der Waals surface area contributed by atoms with E-state index >= 15 is 0 Å². The van der Waals surface area contributed by atoms with Crippen molar-refractivity contribution >= 4 is 5.91 Å². The van der Waals surface area contributed by atoms with Crippen molar-refractivity contribution in [3.63, 3.8) is 0 Å². The molecule has 2 aromatic rings. The van der Waals surface area contributed by atoms with E-state index in [9.17, 15) is 9.59 Å². The van der Waals surface area contributed by atoms with Gasteiger partial charge in [0.2, 0.25) is 0 Å². The molecule has 0 saturated heterocycles. The fourth-order valence-corrected chi connectivity index (χ4v) is 2.62. The molecular formula is C18H20N2O4. The van der Waals surface area contributed by atoms with Crippen LogP contribution in [0.15, 0.2) is 47.4 Å². The minimum Gasteiger partial charge on any atom is -0.486 e. The number of amides is 1. The van der Waals surface area contributed by atoms with Gasteiger partial charge in [-0.05, 0) is 25.1 Å². The van der Waals surface area contributed by atoms with Crippen LogP contribution in [0.3, 0.4) is 0 Å². The lowest BCUT2D eigenvalue weighted by Crippen LogP contribution is -2.43. The van der Waals surface area contributed by atoms with Crippen LogP contribution in [0.5, 0.6) is 11.5 Å². The smallest absolute Gasteiger partial charge is 0.254 e. The number of ether oxygens (including phenoxy) is 2. The summed E-state index contributed by atoms with van der Waals surface area (Å²) in [7, 11) is 1.65. The van der Waals surface area contributed by atoms with Gasteiger partial charge in [-0.3, -0.25) is 9.59 Å². The molecule has 1 aromatic carbocycles. The third kappa shape index (κ3) is 3.27. The molecule has 3 rings (SSSR count). The van der Waals surface area contributed by atoms with E-state index in [0.29, 0.717) is 31.0 Å². The highest BCUT2D eigenvalue weighted by molar-refractivity contribution is 5.94. The van der Waals surface area contributed by atoms with Crippen molar-refractivity contribution in [1.29, 1.82) is 0 Å². The number of pyridine rings is 1. The van der Waals surface area contributed by atoms with Crippen molar-refractivity contribution in [2.45, 2.75) is 13.0 Å². The monoisotopic (exact) mass is 328 g/mol. The quantitative estimate of drug-likeness (QED) is 0.857. The minimum absolute atomic E-state index is 0.183. The number of rotatable bonds is 4. The van der Waals surface area contributed by atoms with Crippen molar-refractivity contribution in [3.8, 4) is 11.5 Å². The second-order valence-electron chi connectivity index (χ2n) is 5.71. The molecule has 1 aliphatic rings. The minimum atomic E-state index is -0.240. The van der Waals surface area contributed by atoms with Gasteiger partial charge in [-0.2, -0.15) is 0 Å². The number of para-hydroxylation sites is 2. The molecule has 1 unspecified atom stereocenters. The second kappa shape index (κ2) is 6.78. The normalized spacial score (nSPS) is 15.8. The standard InChI is InChI=1S/C18H20N2O4/c1-3-20(18(22)13-8-9-19(2)17(21)10-13)11-14-12-23-15-6-4-5-7-16(15)24-14/h4-10,14H,3,11-12H2,1-2H3. The Bertz CT molecular complexity index is 800. The molecule has 0 aliphatic carbocycles. The lowest BCUT2D eigenvalue weighted by atomic mass is 10.2. The summed E-state index contributed by atoms with van der Waals surface area (Å²) in [6.45, 7) is 3.21. The van der Waals surface area contributed by atoms with Crippen LogP contribution in [0.2, 0.25) is 0 Å². The molecule has 24 heavy (non-hydrogen) atoms. The largest absolute Gasteiger partial charge is 0.486 e. The maximum Gasteiger partial charge on any atom is 0.254 e. The van der Waals surface area contributed by atoms with Crippen molar-refractivity contribution < 1.29 is 14.3 Å². The van der Waals surface area contributed by atoms with Crippen LogP contribution in [-0.2, 0) is 7.05 Å². The van der Waals surface area contributed by atoms with Gasteiger partial charge in [0.1, 0.15) is 6.61 Å². The Balaban J connectivity index is 1.72. The average Bonchev–Trinajstić information content (AvgIpc) is 2.61. The molecule has 0 fully saturated rings. The number of hydrogen-bond donors (Lipinski definition) is 0. The molecule has 0 radical (unpaired) electrons. The lowest BCUT2D eigenvalue weighted by Gasteiger charge is -2.31. The maximum atomic E-state index is 12.6. The van der Waals surface area contributed by atoms with Crippen LogP contribution in [-0.4, -0.2) is 41.2 Å². The molecule has 0 N–H and O–H groups in total. The van der Waals surface area contributed by atoms with Crippen LogP contribution >= 0.6 is 0 Å². The van der Waals surface area contributed by atoms with Crippen LogP contribution in [0.4, 0.5) is 0 Å². The third-order valence-corrected chi connectivity index (χ3v) is 4.01. The molecule has 1 aromatic heterocycles. The van der Waals surface area contributed by atoms with E-state index < -0.39 is 0 Å². The number of carbonyl (C=O) groups is 1. The summed E-state index contributed by atoms with van der Waals surface area (Å²) in [5.74, 6) is 1.22. The van der Waals surface area contributed by atoms with Crippen LogP contribution in [0.1, 0.15) is 17.3 Å². The number of aromatic nitrogens is 1. The molecule has 0 spiro atoms. The van der Waals surface area contributed by atoms with E-state index in [-0.39, 0.29) is 17.6 Å². The van der Waals surface area contributed by atoms with E-state index in [4.69, 9.17) is 9.47 Å². The van der Waals surface area contributed by atoms with E-state index in [1.165, 1.54) is 10.6 Å². The van der Waals surface area contributed by atoms with E-state index in [1.54, 1.807) is 24.2 Å². The molecule has 126 valence electrons. The summed E-state index contributed by atoms with van der Waals surface area (Å²) in [5.41, 5.74) is 0.181. The summed E-state index contributed by atoms with van der Waals surface area (Å²) in [4.78, 5) is 26.0. The zero-order chi connectivity index (χ0) is 17.1. The van der Waals surface area contributed by atoms with Crippen molar-refractivity contribution in [3.05, 3.63) is 58.5 Å². The molecule has 0 bridgehead atoms. The van der Waals surface area contributed by atoms with Gasteiger partial charge < -0.3 is 18.9 Å². The fraction of sp³-hybridized carbons (Fsp3) is 0.333. The topological polar surface area (TPSA) is 60.8 Å². The Morgan fingerprint density at radius 2 is 2.04 bits per heavy atom. The van der Waals surface area contributed by atoms with E-state index in [0.717, 1.165) is 5.75 Å². The number of nitrogens with zero attached hydrogens (tertiary/aromatic N) is 2. The molecule has 0 saturated carbocycles. The number of hydrogen-bond acceptors (Lipinski definition) is 4. The number of aryl methyl sites for hydroxylation is 1. The van der Waals surface area contributed by atoms with Gasteiger partial charge in [0.15, 0.2) is 17.6 Å². The number of fused-ring (bicyclic) bond motifs is 1. The second-order valence-corrected chi connectivity index (χ2v) is 5.71. The van der Waals surface area contributed by atoms with Crippen LogP contribution in [0.25, 0.3) is 0 Å². The maximum absolute atomic E-state index is 12.6. The van der Waals surface area contributed by atoms with Gasteiger partial charge in [0, 0.05) is 31.4 Å². The highest BCUT2D eigenvalue weighted by atomic mass is 16.6. The first-order valence-electron chi connectivity index (χ1n) is 7.93. The SMILES string of the molecule is CCN(CC1COc2ccccc2O1)C(=O)c1ccn(C)c(=O)c1. The molecule has 2 heterocycles. The Hall–Kier alpha value is -2.76. The Morgan fingerprint density at radius 3 is 2.75 bits per heavy atom. The molecule has 1 amide bonds. The Labute approximate surface area is 140 Å². The summed E-state index contributed by atoms with van der Waals surface area (Å²) >= 11 is 0. The molecule has 6 nitrogen and oxygen atoms in total. The van der Waals surface area contributed by atoms with Crippen molar-refractivity contribution in [2.24, 2.45) is 7.05 Å². The van der Waals surface area contributed by atoms with Gasteiger partial charge in [-0.25, -0.2) is 0 Å². The highest BCUT2D eigenvalue weighted by Crippen LogP contribution is 2.31. The van der Waals surface area contributed by atoms with Crippen molar-refractivity contribution in [1.82, 2.24) is 9.47 Å². The summed E-state index contributed by atoms with van der Waals surface area (Å²) < 4.78 is 13.0. The van der Waals surface area contributed by atoms with E-state index in [2.05, 4.69) is 0 Å². The predicted octanol–water partition coefficient (Wildman–Crippen LogP) is 1.69. The number of benzene rings is 1. The van der Waals surface area contributed by atoms with Gasteiger partial charge in [-0.1, -0.05) is 12.1 Å². The average molecular weight is 328 g/mol. The number of likely N-dealkylation sites (N-methyl/N-ethyl adjacent to an activating group) is 1. The first-order chi connectivity index (χ1) is 11.6. The fourth-order valence-electron chi connectivity index (χ4n) is 2.62. The van der Waals surface area contributed by atoms with Crippen LogP contribution < -0.4 is 15.0 Å². The summed E-state index contributed by atoms with van der Waals surface area (Å²) in [5, 5.41) is 0. The zero-order valence-corrected chi connectivity index (χ0v) is 13.8. The third-order valence-electron chi connectivity index (χ3n) is 4.01. The summed E-state index contributed by atoms with van der Waals surface area (Å²) in [6.07, 6.45) is 1.36. The Morgan fingerprint density at radius 1 is 1.29 bits per heavy atom. The molecule has 6 heteroatoms. The van der Waals surface area contributed by atoms with Crippen LogP contribution in [0, 0.1) is 0 Å². The Kier molecular flexibility index (Phi) is 4.55. The van der Waals surface area contributed by atoms with E-state index in [1.807, 2.05) is 31.2 Å².